The quantitative estimate of drug-likeness (QED) is 0.847. The molecule has 8 heteroatoms. The van der Waals surface area contributed by atoms with E-state index in [1.54, 1.807) is 6.07 Å². The minimum absolute atomic E-state index is 0.126. The average molecular weight is 333 g/mol. The van der Waals surface area contributed by atoms with Gasteiger partial charge in [0.15, 0.2) is 0 Å². The van der Waals surface area contributed by atoms with Crippen LogP contribution in [0.2, 0.25) is 0 Å². The van der Waals surface area contributed by atoms with Crippen LogP contribution in [0.5, 0.6) is 5.75 Å². The summed E-state index contributed by atoms with van der Waals surface area (Å²) in [6.45, 7) is 0.252. The fourth-order valence-corrected chi connectivity index (χ4v) is 3.77. The summed E-state index contributed by atoms with van der Waals surface area (Å²) in [4.78, 5) is 3.48. The maximum Gasteiger partial charge on any atom is 0.246 e. The molecule has 1 saturated heterocycles. The van der Waals surface area contributed by atoms with E-state index in [2.05, 4.69) is 4.98 Å². The molecule has 6 nitrogen and oxygen atoms in total. The van der Waals surface area contributed by atoms with E-state index in [-0.39, 0.29) is 29.8 Å². The molecule has 3 rings (SSSR count). The van der Waals surface area contributed by atoms with E-state index in [9.17, 15) is 12.8 Å². The smallest absolute Gasteiger partial charge is 0.246 e. The third kappa shape index (κ3) is 3.02. The van der Waals surface area contributed by atoms with Crippen LogP contribution in [0.3, 0.4) is 0 Å². The van der Waals surface area contributed by atoms with Crippen LogP contribution in [0.1, 0.15) is 5.69 Å². The summed E-state index contributed by atoms with van der Waals surface area (Å²) in [5.41, 5.74) is 0.220. The maximum atomic E-state index is 13.7. The van der Waals surface area contributed by atoms with Crippen molar-refractivity contribution in [2.45, 2.75) is 11.0 Å². The van der Waals surface area contributed by atoms with Crippen molar-refractivity contribution in [3.8, 4) is 11.8 Å². The molecule has 0 spiro atoms. The second-order valence-electron chi connectivity index (χ2n) is 4.98. The fraction of sp³-hybridized carbons (Fsp3) is 0.200. The molecule has 0 aliphatic carbocycles. The van der Waals surface area contributed by atoms with Gasteiger partial charge in [-0.1, -0.05) is 12.1 Å². The number of nitriles is 1. The Morgan fingerprint density at radius 2 is 2.04 bits per heavy atom. The first kappa shape index (κ1) is 15.4. The third-order valence-corrected chi connectivity index (χ3v) is 5.28. The zero-order valence-corrected chi connectivity index (χ0v) is 12.7. The molecule has 1 aromatic heterocycles. The Balaban J connectivity index is 1.67. The largest absolute Gasteiger partial charge is 0.488 e. The van der Waals surface area contributed by atoms with Gasteiger partial charge in [0.25, 0.3) is 0 Å². The lowest BCUT2D eigenvalue weighted by Gasteiger charge is -2.37. The summed E-state index contributed by atoms with van der Waals surface area (Å²) in [6.07, 6.45) is 1.10. The Kier molecular flexibility index (Phi) is 3.98. The molecule has 2 aromatic rings. The van der Waals surface area contributed by atoms with Gasteiger partial charge in [0.2, 0.25) is 10.0 Å². The fourth-order valence-electron chi connectivity index (χ4n) is 2.20. The highest BCUT2D eigenvalue weighted by atomic mass is 32.2. The number of pyridine rings is 1. The summed E-state index contributed by atoms with van der Waals surface area (Å²) in [5, 5.41) is 8.78. The molecule has 0 bridgehead atoms. The van der Waals surface area contributed by atoms with Crippen molar-refractivity contribution in [3.05, 3.63) is 54.1 Å². The Morgan fingerprint density at radius 1 is 1.30 bits per heavy atom. The standard InChI is InChI=1S/C15H12FN3O3S/c16-14-3-1-2-4-15(14)23(20,21)19-9-13(10-19)22-12-5-6-18-11(7-12)8-17/h1-7,13H,9-10H2. The monoisotopic (exact) mass is 333 g/mol. The van der Waals surface area contributed by atoms with Crippen LogP contribution >= 0.6 is 0 Å². The highest BCUT2D eigenvalue weighted by Crippen LogP contribution is 2.26. The van der Waals surface area contributed by atoms with Crippen molar-refractivity contribution in [1.82, 2.24) is 9.29 Å². The maximum absolute atomic E-state index is 13.7. The third-order valence-electron chi connectivity index (χ3n) is 3.42. The summed E-state index contributed by atoms with van der Waals surface area (Å²) in [7, 11) is -3.86. The van der Waals surface area contributed by atoms with Crippen molar-refractivity contribution >= 4 is 10.0 Å². The molecule has 1 fully saturated rings. The van der Waals surface area contributed by atoms with Gasteiger partial charge in [-0.05, 0) is 18.2 Å². The first-order valence-corrected chi connectivity index (χ1v) is 8.22. The van der Waals surface area contributed by atoms with Gasteiger partial charge in [0, 0.05) is 12.3 Å². The molecule has 0 amide bonds. The van der Waals surface area contributed by atoms with Gasteiger partial charge >= 0.3 is 0 Å². The predicted octanol–water partition coefficient (Wildman–Crippen LogP) is 1.54. The van der Waals surface area contributed by atoms with Gasteiger partial charge < -0.3 is 4.74 Å². The van der Waals surface area contributed by atoms with Gasteiger partial charge in [-0.3, -0.25) is 0 Å². The Labute approximate surface area is 132 Å². The summed E-state index contributed by atoms with van der Waals surface area (Å²) >= 11 is 0. The summed E-state index contributed by atoms with van der Waals surface area (Å²) in [5.74, 6) is -0.325. The Morgan fingerprint density at radius 3 is 2.74 bits per heavy atom. The van der Waals surface area contributed by atoms with E-state index in [0.29, 0.717) is 5.75 Å². The Hall–Kier alpha value is -2.50. The average Bonchev–Trinajstić information content (AvgIpc) is 2.50. The minimum atomic E-state index is -3.86. The normalized spacial score (nSPS) is 15.7. The number of benzene rings is 1. The van der Waals surface area contributed by atoms with Crippen LogP contribution in [-0.4, -0.2) is 36.9 Å². The number of halogens is 1. The molecule has 2 heterocycles. The van der Waals surface area contributed by atoms with Crippen molar-refractivity contribution in [3.63, 3.8) is 0 Å². The number of ether oxygens (including phenoxy) is 1. The van der Waals surface area contributed by atoms with Crippen LogP contribution < -0.4 is 4.74 Å². The van der Waals surface area contributed by atoms with E-state index in [1.165, 1.54) is 30.5 Å². The van der Waals surface area contributed by atoms with Crippen LogP contribution in [0.15, 0.2) is 47.5 Å². The molecule has 0 saturated carbocycles. The second kappa shape index (κ2) is 5.95. The molecule has 118 valence electrons. The zero-order chi connectivity index (χ0) is 16.4. The van der Waals surface area contributed by atoms with Crippen LogP contribution in [0.4, 0.5) is 4.39 Å². The van der Waals surface area contributed by atoms with Crippen LogP contribution in [0.25, 0.3) is 0 Å². The molecule has 0 atom stereocenters. The molecule has 0 radical (unpaired) electrons. The predicted molar refractivity (Wildman–Crippen MR) is 78.5 cm³/mol. The van der Waals surface area contributed by atoms with E-state index in [1.807, 2.05) is 6.07 Å². The lowest BCUT2D eigenvalue weighted by Crippen LogP contribution is -2.56. The van der Waals surface area contributed by atoms with Crippen molar-refractivity contribution in [2.75, 3.05) is 13.1 Å². The van der Waals surface area contributed by atoms with Gasteiger partial charge in [0.1, 0.15) is 34.3 Å². The lowest BCUT2D eigenvalue weighted by atomic mass is 10.2. The highest BCUT2D eigenvalue weighted by molar-refractivity contribution is 7.89. The first-order chi connectivity index (χ1) is 11.0. The van der Waals surface area contributed by atoms with Crippen molar-refractivity contribution in [1.29, 1.82) is 5.26 Å². The van der Waals surface area contributed by atoms with E-state index >= 15 is 0 Å². The first-order valence-electron chi connectivity index (χ1n) is 6.78. The van der Waals surface area contributed by atoms with Crippen LogP contribution in [0, 0.1) is 17.1 Å². The zero-order valence-electron chi connectivity index (χ0n) is 11.9. The molecule has 1 aliphatic rings. The molecule has 23 heavy (non-hydrogen) atoms. The number of hydrogen-bond donors (Lipinski definition) is 0. The van der Waals surface area contributed by atoms with E-state index < -0.39 is 15.8 Å². The van der Waals surface area contributed by atoms with Gasteiger partial charge in [-0.2, -0.15) is 9.57 Å². The van der Waals surface area contributed by atoms with Crippen molar-refractivity contribution in [2.24, 2.45) is 0 Å². The highest BCUT2D eigenvalue weighted by Gasteiger charge is 2.39. The van der Waals surface area contributed by atoms with Gasteiger partial charge in [-0.25, -0.2) is 17.8 Å². The molecular weight excluding hydrogens is 321 g/mol. The second-order valence-corrected chi connectivity index (χ2v) is 6.89. The summed E-state index contributed by atoms with van der Waals surface area (Å²) < 4.78 is 45.0. The SMILES string of the molecule is N#Cc1cc(OC2CN(S(=O)(=O)c3ccccc3F)C2)ccn1. The number of nitrogens with zero attached hydrogens (tertiary/aromatic N) is 3. The summed E-state index contributed by atoms with van der Waals surface area (Å²) in [6, 6.07) is 10.2. The number of hydrogen-bond acceptors (Lipinski definition) is 5. The topological polar surface area (TPSA) is 83.3 Å². The lowest BCUT2D eigenvalue weighted by molar-refractivity contribution is 0.0759. The Bertz CT molecular complexity index is 874. The molecule has 0 unspecified atom stereocenters. The van der Waals surface area contributed by atoms with Gasteiger partial charge in [-0.15, -0.1) is 0 Å². The number of rotatable bonds is 4. The van der Waals surface area contributed by atoms with E-state index in [4.69, 9.17) is 10.00 Å². The van der Waals surface area contributed by atoms with Crippen LogP contribution in [-0.2, 0) is 10.0 Å². The number of aromatic nitrogens is 1. The van der Waals surface area contributed by atoms with Gasteiger partial charge in [0.05, 0.1) is 13.1 Å². The van der Waals surface area contributed by atoms with Crippen molar-refractivity contribution < 1.29 is 17.5 Å². The molecule has 0 N–H and O–H groups in total. The minimum Gasteiger partial charge on any atom is -0.488 e. The molecule has 1 aliphatic heterocycles. The molecular formula is C15H12FN3O3S. The van der Waals surface area contributed by atoms with E-state index in [0.717, 1.165) is 10.4 Å². The number of sulfonamides is 1. The molecule has 1 aromatic carbocycles.